The average Bonchev–Trinajstić information content (AvgIpc) is 3.11. The van der Waals surface area contributed by atoms with Crippen LogP contribution < -0.4 is 10.6 Å². The lowest BCUT2D eigenvalue weighted by molar-refractivity contribution is -0.127. The molecule has 156 valence electrons. The first-order chi connectivity index (χ1) is 12.6. The number of likely N-dealkylation sites (N-methyl/N-ethyl adjacent to an activating group) is 2. The highest BCUT2D eigenvalue weighted by Gasteiger charge is 2.22. The molecule has 0 radical (unpaired) electrons. The minimum absolute atomic E-state index is 0. The molecule has 2 N–H and O–H groups in total. The summed E-state index contributed by atoms with van der Waals surface area (Å²) in [5, 5.41) is 6.89. The van der Waals surface area contributed by atoms with Crippen molar-refractivity contribution in [3.05, 3.63) is 11.6 Å². The standard InChI is InChI=1S/C20H37N5O.HI/c1-4-25-14-8-11-18(25)15-22-20(23-16-19(26)24(2)3)21-13-12-17-9-6-5-7-10-17;/h9,18H,4-8,10-16H2,1-3H3,(H2,21,22,23);1H. The van der Waals surface area contributed by atoms with Gasteiger partial charge in [-0.2, -0.15) is 0 Å². The van der Waals surface area contributed by atoms with Crippen LogP contribution in [-0.2, 0) is 4.79 Å². The van der Waals surface area contributed by atoms with E-state index >= 15 is 0 Å². The summed E-state index contributed by atoms with van der Waals surface area (Å²) in [5.74, 6) is 0.789. The molecule has 0 aromatic rings. The molecule has 1 heterocycles. The smallest absolute Gasteiger partial charge is 0.243 e. The Morgan fingerprint density at radius 3 is 2.78 bits per heavy atom. The van der Waals surface area contributed by atoms with Gasteiger partial charge in [0, 0.05) is 33.2 Å². The fourth-order valence-electron chi connectivity index (χ4n) is 3.69. The molecule has 0 aromatic heterocycles. The zero-order valence-electron chi connectivity index (χ0n) is 17.3. The number of amides is 1. The summed E-state index contributed by atoms with van der Waals surface area (Å²) in [6.45, 7) is 6.45. The number of carbonyl (C=O) groups is 1. The highest BCUT2D eigenvalue weighted by atomic mass is 127. The summed E-state index contributed by atoms with van der Waals surface area (Å²) in [6.07, 6.45) is 11.1. The largest absolute Gasteiger partial charge is 0.356 e. The molecule has 1 unspecified atom stereocenters. The second-order valence-corrected chi connectivity index (χ2v) is 7.54. The number of aliphatic imine (C=N–C) groups is 1. The molecule has 0 aromatic carbocycles. The third-order valence-electron chi connectivity index (χ3n) is 5.41. The van der Waals surface area contributed by atoms with Crippen LogP contribution in [0.4, 0.5) is 0 Å². The maximum atomic E-state index is 11.9. The molecule has 27 heavy (non-hydrogen) atoms. The molecule has 0 spiro atoms. The molecule has 0 bridgehead atoms. The topological polar surface area (TPSA) is 60.0 Å². The summed E-state index contributed by atoms with van der Waals surface area (Å²) in [5.41, 5.74) is 1.56. The minimum atomic E-state index is 0. The molecule has 1 atom stereocenters. The molecule has 1 amide bonds. The van der Waals surface area contributed by atoms with Crippen LogP contribution in [0.5, 0.6) is 0 Å². The van der Waals surface area contributed by atoms with Crippen molar-refractivity contribution in [2.24, 2.45) is 4.99 Å². The Morgan fingerprint density at radius 1 is 1.30 bits per heavy atom. The highest BCUT2D eigenvalue weighted by Crippen LogP contribution is 2.19. The maximum Gasteiger partial charge on any atom is 0.243 e. The number of carbonyl (C=O) groups excluding carboxylic acids is 1. The Hall–Kier alpha value is -0.830. The zero-order valence-corrected chi connectivity index (χ0v) is 19.6. The molecular weight excluding hydrogens is 453 g/mol. The SMILES string of the molecule is CCN1CCCC1CNC(=NCC(=O)N(C)C)NCCC1=CCCCC1.I. The van der Waals surface area contributed by atoms with Gasteiger partial charge in [0.2, 0.25) is 5.91 Å². The number of rotatable bonds is 8. The average molecular weight is 491 g/mol. The Balaban J connectivity index is 0.00000364. The van der Waals surface area contributed by atoms with Crippen molar-refractivity contribution in [2.75, 3.05) is 46.8 Å². The van der Waals surface area contributed by atoms with Gasteiger partial charge in [-0.1, -0.05) is 18.6 Å². The van der Waals surface area contributed by atoms with E-state index in [1.54, 1.807) is 24.6 Å². The second kappa shape index (κ2) is 13.4. The van der Waals surface area contributed by atoms with Gasteiger partial charge in [0.15, 0.2) is 5.96 Å². The van der Waals surface area contributed by atoms with E-state index in [0.717, 1.165) is 32.0 Å². The molecule has 1 saturated heterocycles. The summed E-state index contributed by atoms with van der Waals surface area (Å²) in [6, 6.07) is 0.567. The minimum Gasteiger partial charge on any atom is -0.356 e. The van der Waals surface area contributed by atoms with E-state index < -0.39 is 0 Å². The third kappa shape index (κ3) is 8.81. The van der Waals surface area contributed by atoms with E-state index in [0.29, 0.717) is 6.04 Å². The Bertz CT molecular complexity index is 507. The fraction of sp³-hybridized carbons (Fsp3) is 0.800. The first-order valence-electron chi connectivity index (χ1n) is 10.2. The van der Waals surface area contributed by atoms with Gasteiger partial charge >= 0.3 is 0 Å². The van der Waals surface area contributed by atoms with Crippen molar-refractivity contribution in [3.8, 4) is 0 Å². The van der Waals surface area contributed by atoms with E-state index in [1.807, 2.05) is 0 Å². The first kappa shape index (κ1) is 24.2. The van der Waals surface area contributed by atoms with E-state index in [-0.39, 0.29) is 36.4 Å². The lowest BCUT2D eigenvalue weighted by atomic mass is 9.97. The normalized spacial score (nSPS) is 20.6. The monoisotopic (exact) mass is 491 g/mol. The predicted molar refractivity (Wildman–Crippen MR) is 124 cm³/mol. The van der Waals surface area contributed by atoms with Crippen LogP contribution in [0.2, 0.25) is 0 Å². The van der Waals surface area contributed by atoms with Gasteiger partial charge in [0.05, 0.1) is 0 Å². The first-order valence-corrected chi connectivity index (χ1v) is 10.2. The number of nitrogens with one attached hydrogen (secondary N) is 2. The number of likely N-dealkylation sites (tertiary alicyclic amines) is 1. The molecule has 1 aliphatic heterocycles. The Labute approximate surface area is 182 Å². The van der Waals surface area contributed by atoms with Crippen LogP contribution in [0.15, 0.2) is 16.6 Å². The van der Waals surface area contributed by atoms with Crippen LogP contribution >= 0.6 is 24.0 Å². The van der Waals surface area contributed by atoms with E-state index in [4.69, 9.17) is 0 Å². The van der Waals surface area contributed by atoms with Crippen molar-refractivity contribution in [1.82, 2.24) is 20.4 Å². The van der Waals surface area contributed by atoms with Gasteiger partial charge in [-0.05, 0) is 58.0 Å². The highest BCUT2D eigenvalue weighted by molar-refractivity contribution is 14.0. The summed E-state index contributed by atoms with van der Waals surface area (Å²) < 4.78 is 0. The van der Waals surface area contributed by atoms with Crippen molar-refractivity contribution < 1.29 is 4.79 Å². The predicted octanol–water partition coefficient (Wildman–Crippen LogP) is 2.60. The van der Waals surface area contributed by atoms with Crippen LogP contribution in [0.3, 0.4) is 0 Å². The molecule has 2 aliphatic rings. The number of nitrogens with zero attached hydrogens (tertiary/aromatic N) is 3. The number of hydrogen-bond donors (Lipinski definition) is 2. The lowest BCUT2D eigenvalue weighted by Crippen LogP contribution is -2.45. The number of allylic oxidation sites excluding steroid dienone is 1. The second-order valence-electron chi connectivity index (χ2n) is 7.54. The van der Waals surface area contributed by atoms with Crippen molar-refractivity contribution in [2.45, 2.75) is 57.9 Å². The maximum absolute atomic E-state index is 11.9. The molecule has 6 nitrogen and oxygen atoms in total. The molecule has 1 aliphatic carbocycles. The summed E-state index contributed by atoms with van der Waals surface area (Å²) in [4.78, 5) is 20.5. The number of guanidine groups is 1. The zero-order chi connectivity index (χ0) is 18.8. The molecular formula is C20H38IN5O. The fourth-order valence-corrected chi connectivity index (χ4v) is 3.69. The van der Waals surface area contributed by atoms with Gasteiger partial charge in [-0.15, -0.1) is 24.0 Å². The van der Waals surface area contributed by atoms with Crippen molar-refractivity contribution in [1.29, 1.82) is 0 Å². The van der Waals surface area contributed by atoms with Crippen LogP contribution in [0, 0.1) is 0 Å². The quantitative estimate of drug-likeness (QED) is 0.237. The molecule has 0 saturated carbocycles. The van der Waals surface area contributed by atoms with E-state index in [9.17, 15) is 4.79 Å². The van der Waals surface area contributed by atoms with Gasteiger partial charge in [-0.25, -0.2) is 4.99 Å². The van der Waals surface area contributed by atoms with Gasteiger partial charge in [0.1, 0.15) is 6.54 Å². The molecule has 1 fully saturated rings. The van der Waals surface area contributed by atoms with Crippen LogP contribution in [0.25, 0.3) is 0 Å². The van der Waals surface area contributed by atoms with Crippen molar-refractivity contribution >= 4 is 35.8 Å². The lowest BCUT2D eigenvalue weighted by Gasteiger charge is -2.24. The Kier molecular flexibility index (Phi) is 12.0. The summed E-state index contributed by atoms with van der Waals surface area (Å²) >= 11 is 0. The van der Waals surface area contributed by atoms with Crippen LogP contribution in [-0.4, -0.2) is 74.5 Å². The van der Waals surface area contributed by atoms with Gasteiger partial charge in [0.25, 0.3) is 0 Å². The van der Waals surface area contributed by atoms with Gasteiger partial charge < -0.3 is 15.5 Å². The third-order valence-corrected chi connectivity index (χ3v) is 5.41. The summed E-state index contributed by atoms with van der Waals surface area (Å²) in [7, 11) is 3.54. The molecule has 2 rings (SSSR count). The van der Waals surface area contributed by atoms with Gasteiger partial charge in [-0.3, -0.25) is 9.69 Å². The Morgan fingerprint density at radius 2 is 2.11 bits per heavy atom. The van der Waals surface area contributed by atoms with E-state index in [2.05, 4.69) is 33.5 Å². The van der Waals surface area contributed by atoms with Crippen LogP contribution in [0.1, 0.15) is 51.9 Å². The van der Waals surface area contributed by atoms with E-state index in [1.165, 1.54) is 45.1 Å². The van der Waals surface area contributed by atoms with Crippen molar-refractivity contribution in [3.63, 3.8) is 0 Å². The molecule has 7 heteroatoms. The number of hydrogen-bond acceptors (Lipinski definition) is 3. The number of halogens is 1.